The number of ketones is 1. The summed E-state index contributed by atoms with van der Waals surface area (Å²) in [7, 11) is 0. The molecule has 1 atom stereocenters. The summed E-state index contributed by atoms with van der Waals surface area (Å²) in [4.78, 5) is 25.2. The van der Waals surface area contributed by atoms with Gasteiger partial charge in [-0.2, -0.15) is 0 Å². The van der Waals surface area contributed by atoms with Crippen LogP contribution in [0.25, 0.3) is 0 Å². The Morgan fingerprint density at radius 3 is 2.71 bits per heavy atom. The van der Waals surface area contributed by atoms with Crippen molar-refractivity contribution in [3.63, 3.8) is 0 Å². The van der Waals surface area contributed by atoms with Crippen molar-refractivity contribution >= 4 is 33.7 Å². The Morgan fingerprint density at radius 1 is 1.21 bits per heavy atom. The highest BCUT2D eigenvalue weighted by atomic mass is 32.1. The zero-order valence-electron chi connectivity index (χ0n) is 12.6. The van der Waals surface area contributed by atoms with E-state index >= 15 is 0 Å². The van der Waals surface area contributed by atoms with Gasteiger partial charge in [0, 0.05) is 17.5 Å². The van der Waals surface area contributed by atoms with Crippen LogP contribution < -0.4 is 11.1 Å². The molecule has 1 aliphatic rings. The number of furan rings is 1. The quantitative estimate of drug-likeness (QED) is 0.714. The molecule has 3 N–H and O–H groups in total. The molecule has 2 aromatic heterocycles. The van der Waals surface area contributed by atoms with E-state index in [2.05, 4.69) is 5.32 Å². The molecule has 120 valence electrons. The van der Waals surface area contributed by atoms with Gasteiger partial charge >= 0.3 is 0 Å². The normalized spacial score (nSPS) is 16.5. The van der Waals surface area contributed by atoms with E-state index in [0.717, 1.165) is 5.56 Å². The van der Waals surface area contributed by atoms with E-state index in [9.17, 15) is 9.59 Å². The van der Waals surface area contributed by atoms with Crippen LogP contribution in [0.1, 0.15) is 38.9 Å². The molecule has 0 bridgehead atoms. The zero-order valence-corrected chi connectivity index (χ0v) is 13.4. The van der Waals surface area contributed by atoms with E-state index < -0.39 is 0 Å². The average molecular weight is 338 g/mol. The molecule has 24 heavy (non-hydrogen) atoms. The fraction of sp³-hybridized carbons (Fsp3) is 0.111. The van der Waals surface area contributed by atoms with E-state index in [4.69, 9.17) is 10.2 Å². The average Bonchev–Trinajstić information content (AvgIpc) is 3.23. The van der Waals surface area contributed by atoms with Gasteiger partial charge in [0.15, 0.2) is 0 Å². The lowest BCUT2D eigenvalue weighted by molar-refractivity contribution is -0.116. The number of carbonyl (C=O) groups excluding carboxylic acids is 2. The Morgan fingerprint density at radius 2 is 2.00 bits per heavy atom. The number of carbonyl (C=O) groups is 2. The van der Waals surface area contributed by atoms with Gasteiger partial charge in [-0.25, -0.2) is 0 Å². The molecule has 0 saturated heterocycles. The first kappa shape index (κ1) is 14.7. The van der Waals surface area contributed by atoms with Crippen LogP contribution in [0, 0.1) is 0 Å². The van der Waals surface area contributed by atoms with E-state index in [1.165, 1.54) is 11.3 Å². The van der Waals surface area contributed by atoms with Crippen LogP contribution in [-0.2, 0) is 4.79 Å². The number of benzene rings is 1. The minimum absolute atomic E-state index is 0.108. The second-order valence-corrected chi connectivity index (χ2v) is 6.62. The van der Waals surface area contributed by atoms with Crippen molar-refractivity contribution in [2.24, 2.45) is 0 Å². The largest absolute Gasteiger partial charge is 0.469 e. The van der Waals surface area contributed by atoms with Crippen LogP contribution in [0.2, 0.25) is 0 Å². The van der Waals surface area contributed by atoms with Gasteiger partial charge in [-0.15, -0.1) is 11.3 Å². The van der Waals surface area contributed by atoms with Crippen molar-refractivity contribution in [2.45, 2.75) is 12.3 Å². The van der Waals surface area contributed by atoms with Crippen LogP contribution in [0.4, 0.5) is 10.7 Å². The number of hydrogen-bond acceptors (Lipinski definition) is 5. The molecule has 5 nitrogen and oxygen atoms in total. The van der Waals surface area contributed by atoms with Gasteiger partial charge in [-0.3, -0.25) is 9.59 Å². The first-order valence-corrected chi connectivity index (χ1v) is 8.32. The molecule has 0 fully saturated rings. The van der Waals surface area contributed by atoms with Crippen LogP contribution in [0.15, 0.2) is 53.1 Å². The highest BCUT2D eigenvalue weighted by Gasteiger charge is 2.34. The van der Waals surface area contributed by atoms with Crippen molar-refractivity contribution < 1.29 is 14.0 Å². The number of amides is 1. The highest BCUT2D eigenvalue weighted by Crippen LogP contribution is 2.47. The van der Waals surface area contributed by atoms with Crippen LogP contribution >= 0.6 is 11.3 Å². The van der Waals surface area contributed by atoms with Crippen molar-refractivity contribution in [3.05, 3.63) is 70.5 Å². The fourth-order valence-corrected chi connectivity index (χ4v) is 4.14. The maximum Gasteiger partial charge on any atom is 0.226 e. The maximum atomic E-state index is 12.8. The van der Waals surface area contributed by atoms with E-state index in [0.29, 0.717) is 26.9 Å². The van der Waals surface area contributed by atoms with Crippen LogP contribution in [0.3, 0.4) is 0 Å². The number of nitrogens with one attached hydrogen (secondary N) is 1. The van der Waals surface area contributed by atoms with Gasteiger partial charge in [0.05, 0.1) is 17.9 Å². The lowest BCUT2D eigenvalue weighted by atomic mass is 9.90. The summed E-state index contributed by atoms with van der Waals surface area (Å²) in [6, 6.07) is 12.6. The summed E-state index contributed by atoms with van der Waals surface area (Å²) >= 11 is 1.22. The van der Waals surface area contributed by atoms with E-state index in [-0.39, 0.29) is 24.0 Å². The standard InChI is InChI=1S/C18H14N2O3S/c19-15-14-11(12-7-4-8-23-12)9-13(21)20-18(14)24-17(15)16(22)10-5-2-1-3-6-10/h1-8,11H,9,19H2,(H,20,21)/t11-/m0/s1. The molecule has 3 aromatic rings. The minimum atomic E-state index is -0.266. The van der Waals surface area contributed by atoms with Crippen molar-refractivity contribution in [2.75, 3.05) is 11.1 Å². The molecule has 3 heterocycles. The number of nitrogen functional groups attached to an aromatic ring is 1. The lowest BCUT2D eigenvalue weighted by Gasteiger charge is -2.21. The Labute approximate surface area is 142 Å². The van der Waals surface area contributed by atoms with Crippen molar-refractivity contribution in [3.8, 4) is 0 Å². The molecular weight excluding hydrogens is 324 g/mol. The predicted octanol–water partition coefficient (Wildman–Crippen LogP) is 3.63. The molecule has 0 spiro atoms. The third kappa shape index (κ3) is 2.32. The third-order valence-corrected chi connectivity index (χ3v) is 5.24. The minimum Gasteiger partial charge on any atom is -0.469 e. The molecule has 0 saturated carbocycles. The summed E-state index contributed by atoms with van der Waals surface area (Å²) < 4.78 is 5.47. The molecule has 1 amide bonds. The van der Waals surface area contributed by atoms with Crippen LogP contribution in [-0.4, -0.2) is 11.7 Å². The van der Waals surface area contributed by atoms with Gasteiger partial charge in [0.1, 0.15) is 15.6 Å². The van der Waals surface area contributed by atoms with Crippen LogP contribution in [0.5, 0.6) is 0 Å². The molecular formula is C18H14N2O3S. The maximum absolute atomic E-state index is 12.8. The summed E-state index contributed by atoms with van der Waals surface area (Å²) in [6.45, 7) is 0. The Kier molecular flexibility index (Phi) is 3.46. The number of fused-ring (bicyclic) bond motifs is 1. The van der Waals surface area contributed by atoms with E-state index in [1.54, 1.807) is 24.5 Å². The van der Waals surface area contributed by atoms with Gasteiger partial charge in [0.2, 0.25) is 11.7 Å². The first-order chi connectivity index (χ1) is 11.6. The third-order valence-electron chi connectivity index (χ3n) is 4.10. The summed E-state index contributed by atoms with van der Waals surface area (Å²) in [5, 5.41) is 3.45. The molecule has 0 aliphatic carbocycles. The summed E-state index contributed by atoms with van der Waals surface area (Å²) in [5.41, 5.74) is 8.07. The second-order valence-electron chi connectivity index (χ2n) is 5.60. The summed E-state index contributed by atoms with van der Waals surface area (Å²) in [5.74, 6) is 0.162. The van der Waals surface area contributed by atoms with E-state index in [1.807, 2.05) is 24.3 Å². The van der Waals surface area contributed by atoms with Gasteiger partial charge in [-0.1, -0.05) is 30.3 Å². The highest BCUT2D eigenvalue weighted by molar-refractivity contribution is 7.19. The monoisotopic (exact) mass is 338 g/mol. The molecule has 1 aromatic carbocycles. The number of rotatable bonds is 3. The second kappa shape index (κ2) is 5.65. The molecule has 0 unspecified atom stereocenters. The summed E-state index contributed by atoms with van der Waals surface area (Å²) in [6.07, 6.45) is 1.82. The first-order valence-electron chi connectivity index (χ1n) is 7.50. The van der Waals surface area contributed by atoms with Crippen molar-refractivity contribution in [1.82, 2.24) is 0 Å². The van der Waals surface area contributed by atoms with Gasteiger partial charge in [-0.05, 0) is 12.1 Å². The predicted molar refractivity (Wildman–Crippen MR) is 92.4 cm³/mol. The SMILES string of the molecule is Nc1c(C(=O)c2ccccc2)sc2c1[C@H](c1ccco1)CC(=O)N2. The Balaban J connectivity index is 1.82. The fourth-order valence-electron chi connectivity index (χ4n) is 2.98. The molecule has 6 heteroatoms. The van der Waals surface area contributed by atoms with Crippen molar-refractivity contribution in [1.29, 1.82) is 0 Å². The number of nitrogens with two attached hydrogens (primary N) is 1. The molecule has 1 aliphatic heterocycles. The number of anilines is 2. The van der Waals surface area contributed by atoms with Gasteiger partial charge < -0.3 is 15.5 Å². The Bertz CT molecular complexity index is 913. The zero-order chi connectivity index (χ0) is 16.7. The lowest BCUT2D eigenvalue weighted by Crippen LogP contribution is -2.22. The number of hydrogen-bond donors (Lipinski definition) is 2. The topological polar surface area (TPSA) is 85.3 Å². The van der Waals surface area contributed by atoms with Gasteiger partial charge in [0.25, 0.3) is 0 Å². The number of thiophene rings is 1. The molecule has 4 rings (SSSR count). The Hall–Kier alpha value is -2.86. The smallest absolute Gasteiger partial charge is 0.226 e. The molecule has 0 radical (unpaired) electrons.